The van der Waals surface area contributed by atoms with E-state index in [1.54, 1.807) is 6.92 Å². The lowest BCUT2D eigenvalue weighted by Gasteiger charge is -2.45. The summed E-state index contributed by atoms with van der Waals surface area (Å²) in [7, 11) is -2.66. The molecule has 1 heterocycles. The van der Waals surface area contributed by atoms with Crippen molar-refractivity contribution >= 4 is 30.4 Å². The van der Waals surface area contributed by atoms with Gasteiger partial charge in [0.05, 0.1) is 6.61 Å². The van der Waals surface area contributed by atoms with E-state index in [1.165, 1.54) is 10.4 Å². The van der Waals surface area contributed by atoms with Crippen LogP contribution in [0.3, 0.4) is 0 Å². The predicted molar refractivity (Wildman–Crippen MR) is 140 cm³/mol. The average molecular weight is 481 g/mol. The minimum atomic E-state index is -2.66. The lowest BCUT2D eigenvalue weighted by molar-refractivity contribution is -0.188. The van der Waals surface area contributed by atoms with Gasteiger partial charge in [-0.3, -0.25) is 4.79 Å². The number of cyclic esters (lactones) is 1. The molecule has 0 aliphatic carbocycles. The number of Topliss-reactive ketones (excluding diaryl/α,β-unsaturated/α-hetero) is 1. The van der Waals surface area contributed by atoms with Crippen LogP contribution in [0.2, 0.25) is 5.04 Å². The average Bonchev–Trinajstić information content (AvgIpc) is 2.78. The molecule has 3 atom stereocenters. The molecular formula is C29H40O4Si. The van der Waals surface area contributed by atoms with Crippen molar-refractivity contribution in [3.05, 3.63) is 60.7 Å². The van der Waals surface area contributed by atoms with Gasteiger partial charge in [0.25, 0.3) is 8.32 Å². The summed E-state index contributed by atoms with van der Waals surface area (Å²) >= 11 is 0. The van der Waals surface area contributed by atoms with Crippen molar-refractivity contribution in [1.82, 2.24) is 0 Å². The van der Waals surface area contributed by atoms with Crippen LogP contribution >= 0.6 is 0 Å². The molecule has 1 aliphatic heterocycles. The summed E-state index contributed by atoms with van der Waals surface area (Å²) in [6, 6.07) is 21.0. The molecule has 0 saturated carbocycles. The van der Waals surface area contributed by atoms with E-state index in [1.807, 2.05) is 12.1 Å². The maximum absolute atomic E-state index is 12.4. The molecule has 0 unspecified atom stereocenters. The Morgan fingerprint density at radius 2 is 1.56 bits per heavy atom. The van der Waals surface area contributed by atoms with Gasteiger partial charge in [0.15, 0.2) is 0 Å². The lowest BCUT2D eigenvalue weighted by Crippen LogP contribution is -2.67. The highest BCUT2D eigenvalue weighted by atomic mass is 28.4. The van der Waals surface area contributed by atoms with Crippen LogP contribution in [0.4, 0.5) is 0 Å². The van der Waals surface area contributed by atoms with E-state index in [2.05, 4.69) is 76.2 Å². The summed E-state index contributed by atoms with van der Waals surface area (Å²) in [6.07, 6.45) is 4.50. The largest absolute Gasteiger partial charge is 0.461 e. The Morgan fingerprint density at radius 1 is 1.00 bits per heavy atom. The van der Waals surface area contributed by atoms with E-state index < -0.39 is 8.32 Å². The molecule has 0 radical (unpaired) electrons. The number of carbonyl (C=O) groups excluding carboxylic acids is 2. The first-order valence-electron chi connectivity index (χ1n) is 12.6. The first-order valence-corrected chi connectivity index (χ1v) is 14.5. The minimum absolute atomic E-state index is 0.0752. The Bertz CT molecular complexity index is 896. The van der Waals surface area contributed by atoms with Crippen molar-refractivity contribution in [3.8, 4) is 0 Å². The maximum Gasteiger partial charge on any atom is 0.315 e. The third-order valence-electron chi connectivity index (χ3n) is 6.99. The number of ether oxygens (including phenoxy) is 1. The van der Waals surface area contributed by atoms with Crippen LogP contribution in [0.5, 0.6) is 0 Å². The summed E-state index contributed by atoms with van der Waals surface area (Å²) in [5.41, 5.74) is 0. The quantitative estimate of drug-likeness (QED) is 0.236. The van der Waals surface area contributed by atoms with Gasteiger partial charge in [0.2, 0.25) is 0 Å². The Hall–Kier alpha value is -2.24. The third-order valence-corrected chi connectivity index (χ3v) is 12.0. The van der Waals surface area contributed by atoms with E-state index in [9.17, 15) is 9.59 Å². The lowest BCUT2D eigenvalue weighted by atomic mass is 9.91. The van der Waals surface area contributed by atoms with Gasteiger partial charge in [-0.05, 0) is 41.1 Å². The fourth-order valence-corrected chi connectivity index (χ4v) is 9.83. The van der Waals surface area contributed by atoms with Crippen molar-refractivity contribution in [2.75, 3.05) is 6.61 Å². The molecule has 34 heavy (non-hydrogen) atoms. The van der Waals surface area contributed by atoms with Gasteiger partial charge in [-0.25, -0.2) is 0 Å². The molecule has 3 rings (SSSR count). The highest BCUT2D eigenvalue weighted by Gasteiger charge is 2.52. The topological polar surface area (TPSA) is 52.6 Å². The summed E-state index contributed by atoms with van der Waals surface area (Å²) in [6.45, 7) is 10.9. The van der Waals surface area contributed by atoms with E-state index in [0.717, 1.165) is 25.7 Å². The van der Waals surface area contributed by atoms with Crippen LogP contribution < -0.4 is 10.4 Å². The zero-order valence-corrected chi connectivity index (χ0v) is 22.4. The second-order valence-electron chi connectivity index (χ2n) is 10.9. The fraction of sp³-hybridized carbons (Fsp3) is 0.517. The fourth-order valence-electron chi connectivity index (χ4n) is 5.24. The molecule has 0 amide bonds. The number of benzene rings is 2. The summed E-state index contributed by atoms with van der Waals surface area (Å²) in [5.74, 6) is 0.306. The molecule has 2 aromatic carbocycles. The van der Waals surface area contributed by atoms with Crippen molar-refractivity contribution in [3.63, 3.8) is 0 Å². The number of hydrogen-bond acceptors (Lipinski definition) is 4. The molecule has 0 bridgehead atoms. The van der Waals surface area contributed by atoms with Gasteiger partial charge in [-0.2, -0.15) is 0 Å². The molecular weight excluding hydrogens is 440 g/mol. The van der Waals surface area contributed by atoms with Crippen molar-refractivity contribution in [2.45, 2.75) is 77.9 Å². The van der Waals surface area contributed by atoms with Gasteiger partial charge < -0.3 is 14.0 Å². The Balaban J connectivity index is 1.71. The van der Waals surface area contributed by atoms with Crippen molar-refractivity contribution in [2.24, 2.45) is 11.8 Å². The number of hydrogen-bond donors (Lipinski definition) is 0. The van der Waals surface area contributed by atoms with Crippen LogP contribution in [-0.2, 0) is 18.8 Å². The molecule has 0 spiro atoms. The number of unbranched alkanes of at least 4 members (excludes halogenated alkanes) is 1. The molecule has 1 aliphatic rings. The number of carbonyl (C=O) groups is 2. The Labute approximate surface area is 206 Å². The summed E-state index contributed by atoms with van der Waals surface area (Å²) in [4.78, 5) is 23.7. The Kier molecular flexibility index (Phi) is 8.88. The second kappa shape index (κ2) is 11.5. The van der Waals surface area contributed by atoms with Crippen LogP contribution in [-0.4, -0.2) is 32.8 Å². The van der Waals surface area contributed by atoms with Gasteiger partial charge in [-0.1, -0.05) is 101 Å². The minimum Gasteiger partial charge on any atom is -0.461 e. The molecule has 2 aromatic rings. The van der Waals surface area contributed by atoms with Gasteiger partial charge in [-0.15, -0.1) is 0 Å². The Morgan fingerprint density at radius 3 is 2.03 bits per heavy atom. The van der Waals surface area contributed by atoms with E-state index in [4.69, 9.17) is 9.16 Å². The first kappa shape index (κ1) is 26.4. The normalized spacial score (nSPS) is 19.3. The van der Waals surface area contributed by atoms with Crippen molar-refractivity contribution < 1.29 is 18.8 Å². The maximum atomic E-state index is 12.4. The van der Waals surface area contributed by atoms with Crippen LogP contribution in [0, 0.1) is 11.8 Å². The van der Waals surface area contributed by atoms with Crippen LogP contribution in [0.1, 0.15) is 66.7 Å². The van der Waals surface area contributed by atoms with Crippen molar-refractivity contribution in [1.29, 1.82) is 0 Å². The summed E-state index contributed by atoms with van der Waals surface area (Å²) < 4.78 is 12.5. The monoisotopic (exact) mass is 480 g/mol. The standard InChI is InChI=1S/C29H40O4Si/c1-22(20-23(2)30)14-12-13-19-27-26(28(31)33-27)21-32-34(29(3,4)5,24-15-8-6-9-16-24)25-17-10-7-11-18-25/h6-11,15-18,22,26-27H,12-14,19-21H2,1-5H3/t22-,26-,27-/m1/s1. The van der Waals surface area contributed by atoms with Gasteiger partial charge >= 0.3 is 5.97 Å². The molecule has 1 fully saturated rings. The number of esters is 1. The van der Waals surface area contributed by atoms with Crippen LogP contribution in [0.25, 0.3) is 0 Å². The zero-order valence-electron chi connectivity index (χ0n) is 21.4. The highest BCUT2D eigenvalue weighted by molar-refractivity contribution is 6.99. The molecule has 0 aromatic heterocycles. The molecule has 5 heteroatoms. The van der Waals surface area contributed by atoms with E-state index in [0.29, 0.717) is 18.9 Å². The molecule has 184 valence electrons. The smallest absolute Gasteiger partial charge is 0.315 e. The predicted octanol–water partition coefficient (Wildman–Crippen LogP) is 5.28. The SMILES string of the molecule is CC(=O)C[C@H](C)CCCC[C@H]1OC(=O)[C@@H]1CO[Si](c1ccccc1)(c1ccccc1)C(C)(C)C. The zero-order chi connectivity index (χ0) is 24.8. The number of rotatable bonds is 12. The van der Waals surface area contributed by atoms with Crippen LogP contribution in [0.15, 0.2) is 60.7 Å². The van der Waals surface area contributed by atoms with Gasteiger partial charge in [0, 0.05) is 6.42 Å². The molecule has 0 N–H and O–H groups in total. The third kappa shape index (κ3) is 6.05. The molecule has 4 nitrogen and oxygen atoms in total. The number of ketones is 1. The summed E-state index contributed by atoms with van der Waals surface area (Å²) in [5, 5.41) is 2.32. The van der Waals surface area contributed by atoms with E-state index >= 15 is 0 Å². The van der Waals surface area contributed by atoms with E-state index in [-0.39, 0.29) is 28.8 Å². The highest BCUT2D eigenvalue weighted by Crippen LogP contribution is 2.38. The van der Waals surface area contributed by atoms with Gasteiger partial charge in [0.1, 0.15) is 17.8 Å². The first-order chi connectivity index (χ1) is 16.1. The molecule has 1 saturated heterocycles. The second-order valence-corrected chi connectivity index (χ2v) is 15.2.